The summed E-state index contributed by atoms with van der Waals surface area (Å²) >= 11 is 0. The van der Waals surface area contributed by atoms with Crippen LogP contribution in [0.1, 0.15) is 39.4 Å². The average Bonchev–Trinajstić information content (AvgIpc) is 2.36. The van der Waals surface area contributed by atoms with Crippen molar-refractivity contribution in [3.63, 3.8) is 0 Å². The first-order valence-electron chi connectivity index (χ1n) is 6.72. The van der Waals surface area contributed by atoms with E-state index in [1.165, 1.54) is 0 Å². The molecule has 2 aromatic rings. The van der Waals surface area contributed by atoms with Crippen LogP contribution in [0.15, 0.2) is 30.5 Å². The van der Waals surface area contributed by atoms with E-state index in [0.29, 0.717) is 0 Å². The smallest absolute Gasteiger partial charge is 0.121 e. The van der Waals surface area contributed by atoms with Gasteiger partial charge in [0, 0.05) is 17.6 Å². The standard InChI is InChI=1S/C16H21NO2/c1-10(2)16(18)13-7-12-5-6-14(19-11(3)4)8-15(12)17-9-13/h5-11,16,18H,1-4H3/t16-/m0/s1. The third kappa shape index (κ3) is 3.24. The first-order valence-corrected chi connectivity index (χ1v) is 6.72. The van der Waals surface area contributed by atoms with Gasteiger partial charge in [0.2, 0.25) is 0 Å². The summed E-state index contributed by atoms with van der Waals surface area (Å²) in [5.41, 5.74) is 1.75. The second-order valence-electron chi connectivity index (χ2n) is 5.48. The van der Waals surface area contributed by atoms with Crippen molar-refractivity contribution in [1.82, 2.24) is 4.98 Å². The Kier molecular flexibility index (Phi) is 4.05. The number of hydrogen-bond donors (Lipinski definition) is 1. The van der Waals surface area contributed by atoms with E-state index in [1.54, 1.807) is 6.20 Å². The van der Waals surface area contributed by atoms with Gasteiger partial charge >= 0.3 is 0 Å². The fourth-order valence-electron chi connectivity index (χ4n) is 2.01. The molecule has 0 unspecified atom stereocenters. The Morgan fingerprint density at radius 2 is 1.84 bits per heavy atom. The number of hydrogen-bond acceptors (Lipinski definition) is 3. The van der Waals surface area contributed by atoms with Crippen molar-refractivity contribution in [2.45, 2.75) is 39.9 Å². The molecule has 102 valence electrons. The molecule has 0 amide bonds. The predicted molar refractivity (Wildman–Crippen MR) is 77.3 cm³/mol. The van der Waals surface area contributed by atoms with Gasteiger partial charge in [0.15, 0.2) is 0 Å². The number of pyridine rings is 1. The maximum Gasteiger partial charge on any atom is 0.121 e. The Labute approximate surface area is 114 Å². The minimum Gasteiger partial charge on any atom is -0.491 e. The molecule has 3 nitrogen and oxygen atoms in total. The van der Waals surface area contributed by atoms with E-state index in [1.807, 2.05) is 52.0 Å². The number of aliphatic hydroxyl groups excluding tert-OH is 1. The van der Waals surface area contributed by atoms with Crippen LogP contribution in [0, 0.1) is 5.92 Å². The maximum absolute atomic E-state index is 10.1. The maximum atomic E-state index is 10.1. The quantitative estimate of drug-likeness (QED) is 0.910. The first kappa shape index (κ1) is 13.8. The van der Waals surface area contributed by atoms with Gasteiger partial charge in [0.1, 0.15) is 5.75 Å². The zero-order valence-corrected chi connectivity index (χ0v) is 11.9. The van der Waals surface area contributed by atoms with Gasteiger partial charge < -0.3 is 9.84 Å². The van der Waals surface area contributed by atoms with Crippen LogP contribution < -0.4 is 4.74 Å². The molecular weight excluding hydrogens is 238 g/mol. The fourth-order valence-corrected chi connectivity index (χ4v) is 2.01. The Morgan fingerprint density at radius 1 is 1.11 bits per heavy atom. The largest absolute Gasteiger partial charge is 0.491 e. The number of fused-ring (bicyclic) bond motifs is 1. The van der Waals surface area contributed by atoms with Crippen LogP contribution in [0.25, 0.3) is 10.9 Å². The van der Waals surface area contributed by atoms with Crippen molar-refractivity contribution in [3.8, 4) is 5.75 Å². The molecule has 0 fully saturated rings. The third-order valence-corrected chi connectivity index (χ3v) is 3.02. The van der Waals surface area contributed by atoms with Crippen molar-refractivity contribution in [2.24, 2.45) is 5.92 Å². The molecule has 0 bridgehead atoms. The molecule has 1 aromatic heterocycles. The van der Waals surface area contributed by atoms with E-state index in [2.05, 4.69) is 4.98 Å². The molecule has 0 aliphatic rings. The van der Waals surface area contributed by atoms with Crippen LogP contribution >= 0.6 is 0 Å². The molecule has 0 radical (unpaired) electrons. The average molecular weight is 259 g/mol. The van der Waals surface area contributed by atoms with Crippen molar-refractivity contribution < 1.29 is 9.84 Å². The lowest BCUT2D eigenvalue weighted by Gasteiger charge is -2.15. The van der Waals surface area contributed by atoms with Gasteiger partial charge in [-0.25, -0.2) is 0 Å². The summed E-state index contributed by atoms with van der Waals surface area (Å²) in [7, 11) is 0. The van der Waals surface area contributed by atoms with Crippen molar-refractivity contribution in [3.05, 3.63) is 36.0 Å². The minimum absolute atomic E-state index is 0.152. The molecule has 19 heavy (non-hydrogen) atoms. The summed E-state index contributed by atoms with van der Waals surface area (Å²) in [4.78, 5) is 4.41. The number of benzene rings is 1. The zero-order valence-electron chi connectivity index (χ0n) is 11.9. The van der Waals surface area contributed by atoms with Crippen molar-refractivity contribution in [2.75, 3.05) is 0 Å². The van der Waals surface area contributed by atoms with Gasteiger partial charge in [-0.2, -0.15) is 0 Å². The molecule has 0 aliphatic carbocycles. The second kappa shape index (κ2) is 5.57. The van der Waals surface area contributed by atoms with Gasteiger partial charge in [-0.05, 0) is 43.5 Å². The molecular formula is C16H21NO2. The summed E-state index contributed by atoms with van der Waals surface area (Å²) in [6.45, 7) is 7.99. The van der Waals surface area contributed by atoms with Crippen molar-refractivity contribution >= 4 is 10.9 Å². The normalized spacial score (nSPS) is 13.2. The summed E-state index contributed by atoms with van der Waals surface area (Å²) < 4.78 is 5.65. The van der Waals surface area contributed by atoms with Gasteiger partial charge in [0.25, 0.3) is 0 Å². The highest BCUT2D eigenvalue weighted by atomic mass is 16.5. The van der Waals surface area contributed by atoms with E-state index in [4.69, 9.17) is 4.74 Å². The predicted octanol–water partition coefficient (Wildman–Crippen LogP) is 3.71. The van der Waals surface area contributed by atoms with Crippen LogP contribution in [-0.2, 0) is 0 Å². The molecule has 0 aliphatic heterocycles. The van der Waals surface area contributed by atoms with Crippen molar-refractivity contribution in [1.29, 1.82) is 0 Å². The summed E-state index contributed by atoms with van der Waals surface area (Å²) in [6, 6.07) is 7.85. The van der Waals surface area contributed by atoms with Crippen LogP contribution in [0.3, 0.4) is 0 Å². The summed E-state index contributed by atoms with van der Waals surface area (Å²) in [5, 5.41) is 11.1. The highest BCUT2D eigenvalue weighted by molar-refractivity contribution is 5.80. The Hall–Kier alpha value is -1.61. The highest BCUT2D eigenvalue weighted by Crippen LogP contribution is 2.26. The second-order valence-corrected chi connectivity index (χ2v) is 5.48. The molecule has 0 saturated carbocycles. The van der Waals surface area contributed by atoms with Crippen LogP contribution in [0.2, 0.25) is 0 Å². The summed E-state index contributed by atoms with van der Waals surface area (Å²) in [5.74, 6) is 1.01. The number of nitrogens with zero attached hydrogens (tertiary/aromatic N) is 1. The van der Waals surface area contributed by atoms with Crippen LogP contribution in [0.5, 0.6) is 5.75 Å². The van der Waals surface area contributed by atoms with Gasteiger partial charge in [-0.3, -0.25) is 4.98 Å². The van der Waals surface area contributed by atoms with Gasteiger partial charge in [0.05, 0.1) is 17.7 Å². The topological polar surface area (TPSA) is 42.4 Å². The van der Waals surface area contributed by atoms with E-state index < -0.39 is 6.10 Å². The lowest BCUT2D eigenvalue weighted by Crippen LogP contribution is -2.06. The van der Waals surface area contributed by atoms with Crippen LogP contribution in [0.4, 0.5) is 0 Å². The molecule has 3 heteroatoms. The lowest BCUT2D eigenvalue weighted by atomic mass is 9.99. The molecule has 2 rings (SSSR count). The van der Waals surface area contributed by atoms with Gasteiger partial charge in [-0.1, -0.05) is 13.8 Å². The fraction of sp³-hybridized carbons (Fsp3) is 0.438. The van der Waals surface area contributed by atoms with Gasteiger partial charge in [-0.15, -0.1) is 0 Å². The highest BCUT2D eigenvalue weighted by Gasteiger charge is 2.13. The SMILES string of the molecule is CC(C)Oc1ccc2cc([C@@H](O)C(C)C)cnc2c1. The van der Waals surface area contributed by atoms with E-state index in [0.717, 1.165) is 22.2 Å². The zero-order chi connectivity index (χ0) is 14.0. The Bertz CT molecular complexity index is 564. The molecule has 1 heterocycles. The first-order chi connectivity index (χ1) is 8.97. The third-order valence-electron chi connectivity index (χ3n) is 3.02. The number of rotatable bonds is 4. The number of aromatic nitrogens is 1. The molecule has 1 N–H and O–H groups in total. The minimum atomic E-state index is -0.469. The molecule has 0 saturated heterocycles. The lowest BCUT2D eigenvalue weighted by molar-refractivity contribution is 0.126. The number of aliphatic hydroxyl groups is 1. The van der Waals surface area contributed by atoms with E-state index >= 15 is 0 Å². The monoisotopic (exact) mass is 259 g/mol. The Balaban J connectivity index is 2.35. The molecule has 1 aromatic carbocycles. The molecule has 1 atom stereocenters. The van der Waals surface area contributed by atoms with Crippen LogP contribution in [-0.4, -0.2) is 16.2 Å². The Morgan fingerprint density at radius 3 is 2.47 bits per heavy atom. The van der Waals surface area contributed by atoms with E-state index in [9.17, 15) is 5.11 Å². The number of ether oxygens (including phenoxy) is 1. The molecule has 0 spiro atoms. The van der Waals surface area contributed by atoms with E-state index in [-0.39, 0.29) is 12.0 Å². The summed E-state index contributed by atoms with van der Waals surface area (Å²) in [6.07, 6.45) is 1.43.